The summed E-state index contributed by atoms with van der Waals surface area (Å²) in [6.45, 7) is 4.44. The Morgan fingerprint density at radius 1 is 1.00 bits per heavy atom. The lowest BCUT2D eigenvalue weighted by atomic mass is 9.78. The molecule has 1 aromatic heterocycles. The molecular formula is C23H25N3O2. The Kier molecular flexibility index (Phi) is 4.99. The second-order valence-corrected chi connectivity index (χ2v) is 7.79. The molecule has 1 N–H and O–H groups in total. The fraction of sp³-hybridized carbons (Fsp3) is 0.348. The van der Waals surface area contributed by atoms with Crippen molar-refractivity contribution in [1.82, 2.24) is 15.1 Å². The Morgan fingerprint density at radius 3 is 2.43 bits per heavy atom. The van der Waals surface area contributed by atoms with E-state index in [0.29, 0.717) is 34.0 Å². The molecule has 0 saturated heterocycles. The van der Waals surface area contributed by atoms with Gasteiger partial charge in [0.15, 0.2) is 5.69 Å². The molecule has 3 aromatic rings. The van der Waals surface area contributed by atoms with Crippen LogP contribution in [0.1, 0.15) is 43.6 Å². The number of carbonyl (C=O) groups excluding carboxylic acids is 1. The highest BCUT2D eigenvalue weighted by Gasteiger charge is 2.29. The quantitative estimate of drug-likeness (QED) is 0.754. The van der Waals surface area contributed by atoms with Crippen molar-refractivity contribution in [2.45, 2.75) is 39.2 Å². The molecule has 3 atom stereocenters. The van der Waals surface area contributed by atoms with Crippen LogP contribution < -0.4 is 10.9 Å². The molecule has 1 amide bonds. The fourth-order valence-electron chi connectivity index (χ4n) is 4.12. The monoisotopic (exact) mass is 375 g/mol. The number of nitrogens with one attached hydrogen (secondary N) is 1. The standard InChI is InChI=1S/C23H25N3O2/c1-15-9-8-14-20(16(15)2)24-22(27)21-18-12-6-7-13-19(18)23(28)26(25-21)17-10-4-3-5-11-17/h3-7,10-13,15-16,20H,8-9,14H2,1-2H3,(H,24,27). The molecule has 144 valence electrons. The maximum atomic E-state index is 13.2. The lowest BCUT2D eigenvalue weighted by Crippen LogP contribution is -2.44. The average molecular weight is 375 g/mol. The molecule has 5 heteroatoms. The number of aromatic nitrogens is 2. The molecular weight excluding hydrogens is 350 g/mol. The Hall–Kier alpha value is -2.95. The largest absolute Gasteiger partial charge is 0.348 e. The smallest absolute Gasteiger partial charge is 0.279 e. The SMILES string of the molecule is CC1CCCC(NC(=O)c2nn(-c3ccccc3)c(=O)c3ccccc23)C1C. The number of benzene rings is 2. The van der Waals surface area contributed by atoms with E-state index in [9.17, 15) is 9.59 Å². The van der Waals surface area contributed by atoms with Gasteiger partial charge in [-0.3, -0.25) is 9.59 Å². The summed E-state index contributed by atoms with van der Waals surface area (Å²) in [5.74, 6) is 0.790. The van der Waals surface area contributed by atoms with Crippen molar-refractivity contribution < 1.29 is 4.79 Å². The summed E-state index contributed by atoms with van der Waals surface area (Å²) in [6.07, 6.45) is 3.30. The number of carbonyl (C=O) groups is 1. The van der Waals surface area contributed by atoms with Crippen molar-refractivity contribution in [2.24, 2.45) is 11.8 Å². The molecule has 4 rings (SSSR count). The molecule has 0 radical (unpaired) electrons. The number of hydrogen-bond acceptors (Lipinski definition) is 3. The first-order valence-corrected chi connectivity index (χ1v) is 9.94. The third kappa shape index (κ3) is 3.33. The van der Waals surface area contributed by atoms with E-state index >= 15 is 0 Å². The van der Waals surface area contributed by atoms with Crippen LogP contribution >= 0.6 is 0 Å². The highest BCUT2D eigenvalue weighted by Crippen LogP contribution is 2.29. The Morgan fingerprint density at radius 2 is 1.68 bits per heavy atom. The van der Waals surface area contributed by atoms with Gasteiger partial charge in [-0.25, -0.2) is 0 Å². The zero-order valence-electron chi connectivity index (χ0n) is 16.3. The maximum absolute atomic E-state index is 13.2. The molecule has 1 saturated carbocycles. The second-order valence-electron chi connectivity index (χ2n) is 7.79. The molecule has 1 heterocycles. The number of hydrogen-bond donors (Lipinski definition) is 1. The minimum atomic E-state index is -0.224. The lowest BCUT2D eigenvalue weighted by Gasteiger charge is -2.34. The van der Waals surface area contributed by atoms with E-state index in [1.54, 1.807) is 12.1 Å². The summed E-state index contributed by atoms with van der Waals surface area (Å²) in [4.78, 5) is 26.1. The summed E-state index contributed by atoms with van der Waals surface area (Å²) in [6, 6.07) is 16.5. The van der Waals surface area contributed by atoms with Crippen LogP contribution in [-0.4, -0.2) is 21.7 Å². The predicted molar refractivity (Wildman–Crippen MR) is 111 cm³/mol. The minimum Gasteiger partial charge on any atom is -0.348 e. The molecule has 0 spiro atoms. The van der Waals surface area contributed by atoms with Gasteiger partial charge in [0, 0.05) is 11.4 Å². The van der Waals surface area contributed by atoms with Gasteiger partial charge in [0.2, 0.25) is 0 Å². The highest BCUT2D eigenvalue weighted by molar-refractivity contribution is 6.05. The molecule has 0 bridgehead atoms. The molecule has 3 unspecified atom stereocenters. The maximum Gasteiger partial charge on any atom is 0.279 e. The van der Waals surface area contributed by atoms with Crippen molar-refractivity contribution in [3.05, 3.63) is 70.6 Å². The summed E-state index contributed by atoms with van der Waals surface area (Å²) >= 11 is 0. The number of nitrogens with zero attached hydrogens (tertiary/aromatic N) is 2. The third-order valence-electron chi connectivity index (χ3n) is 6.04. The highest BCUT2D eigenvalue weighted by atomic mass is 16.2. The van der Waals surface area contributed by atoms with Gasteiger partial charge in [-0.05, 0) is 36.5 Å². The van der Waals surface area contributed by atoms with Crippen LogP contribution in [0.15, 0.2) is 59.4 Å². The summed E-state index contributed by atoms with van der Waals surface area (Å²) in [7, 11) is 0. The van der Waals surface area contributed by atoms with Crippen molar-refractivity contribution in [3.8, 4) is 5.69 Å². The number of amides is 1. The topological polar surface area (TPSA) is 64.0 Å². The second kappa shape index (κ2) is 7.58. The van der Waals surface area contributed by atoms with Gasteiger partial charge in [0.1, 0.15) is 0 Å². The van der Waals surface area contributed by atoms with Crippen molar-refractivity contribution in [1.29, 1.82) is 0 Å². The Labute approximate surface area is 164 Å². The van der Waals surface area contributed by atoms with Crippen molar-refractivity contribution >= 4 is 16.7 Å². The summed E-state index contributed by atoms with van der Waals surface area (Å²) in [5, 5.41) is 8.75. The minimum absolute atomic E-state index is 0.133. The van der Waals surface area contributed by atoms with E-state index < -0.39 is 0 Å². The van der Waals surface area contributed by atoms with Gasteiger partial charge < -0.3 is 5.32 Å². The fourth-order valence-corrected chi connectivity index (χ4v) is 4.12. The first kappa shape index (κ1) is 18.4. The molecule has 1 aliphatic rings. The zero-order valence-corrected chi connectivity index (χ0v) is 16.3. The van der Waals surface area contributed by atoms with E-state index in [1.165, 1.54) is 11.1 Å². The molecule has 1 fully saturated rings. The van der Waals surface area contributed by atoms with Crippen LogP contribution in [0.2, 0.25) is 0 Å². The van der Waals surface area contributed by atoms with Crippen LogP contribution in [0, 0.1) is 11.8 Å². The first-order chi connectivity index (χ1) is 13.6. The normalized spacial score (nSPS) is 22.1. The van der Waals surface area contributed by atoms with Gasteiger partial charge in [0.05, 0.1) is 11.1 Å². The molecule has 0 aliphatic heterocycles. The van der Waals surface area contributed by atoms with Gasteiger partial charge in [0.25, 0.3) is 11.5 Å². The molecule has 2 aromatic carbocycles. The van der Waals surface area contributed by atoms with Gasteiger partial charge in [-0.15, -0.1) is 0 Å². The van der Waals surface area contributed by atoms with Gasteiger partial charge in [-0.2, -0.15) is 9.78 Å². The average Bonchev–Trinajstić information content (AvgIpc) is 2.72. The van der Waals surface area contributed by atoms with E-state index in [4.69, 9.17) is 0 Å². The van der Waals surface area contributed by atoms with E-state index in [-0.39, 0.29) is 17.5 Å². The number of rotatable bonds is 3. The molecule has 1 aliphatic carbocycles. The number of para-hydroxylation sites is 1. The Balaban J connectivity index is 1.79. The van der Waals surface area contributed by atoms with E-state index in [2.05, 4.69) is 24.3 Å². The summed E-state index contributed by atoms with van der Waals surface area (Å²) in [5.41, 5.74) is 0.717. The number of fused-ring (bicyclic) bond motifs is 1. The van der Waals surface area contributed by atoms with Crippen LogP contribution in [0.25, 0.3) is 16.5 Å². The van der Waals surface area contributed by atoms with Crippen molar-refractivity contribution in [3.63, 3.8) is 0 Å². The first-order valence-electron chi connectivity index (χ1n) is 9.94. The zero-order chi connectivity index (χ0) is 19.7. The Bertz CT molecular complexity index is 1060. The predicted octanol–water partition coefficient (Wildman–Crippen LogP) is 3.94. The summed E-state index contributed by atoms with van der Waals surface area (Å²) < 4.78 is 1.32. The van der Waals surface area contributed by atoms with Gasteiger partial charge in [-0.1, -0.05) is 63.1 Å². The van der Waals surface area contributed by atoms with Crippen LogP contribution in [0.3, 0.4) is 0 Å². The van der Waals surface area contributed by atoms with Crippen LogP contribution in [0.5, 0.6) is 0 Å². The van der Waals surface area contributed by atoms with Crippen LogP contribution in [0.4, 0.5) is 0 Å². The lowest BCUT2D eigenvalue weighted by molar-refractivity contribution is 0.0886. The molecule has 28 heavy (non-hydrogen) atoms. The third-order valence-corrected chi connectivity index (χ3v) is 6.04. The van der Waals surface area contributed by atoms with E-state index in [0.717, 1.165) is 12.8 Å². The van der Waals surface area contributed by atoms with Crippen LogP contribution in [-0.2, 0) is 0 Å². The van der Waals surface area contributed by atoms with Crippen molar-refractivity contribution in [2.75, 3.05) is 0 Å². The molecule has 5 nitrogen and oxygen atoms in total. The van der Waals surface area contributed by atoms with Gasteiger partial charge >= 0.3 is 0 Å². The van der Waals surface area contributed by atoms with E-state index in [1.807, 2.05) is 42.5 Å².